The van der Waals surface area contributed by atoms with Gasteiger partial charge in [0.15, 0.2) is 6.54 Å². The molecule has 4 nitrogen and oxygen atoms in total. The second-order valence-electron chi connectivity index (χ2n) is 5.27. The Balaban J connectivity index is 1.65. The van der Waals surface area contributed by atoms with Crippen LogP contribution in [0.5, 0.6) is 0 Å². The van der Waals surface area contributed by atoms with Crippen molar-refractivity contribution in [3.05, 3.63) is 65.2 Å². The van der Waals surface area contributed by atoms with E-state index in [1.807, 2.05) is 55.5 Å². The molecule has 0 aliphatic heterocycles. The Morgan fingerprint density at radius 1 is 1.09 bits per heavy atom. The van der Waals surface area contributed by atoms with Crippen LogP contribution in [-0.2, 0) is 4.79 Å². The number of carbonyl (C=O) groups excluding carboxylic acids is 1. The molecule has 0 radical (unpaired) electrons. The maximum absolute atomic E-state index is 12.1. The number of para-hydroxylation sites is 1. The van der Waals surface area contributed by atoms with Gasteiger partial charge in [0, 0.05) is 22.2 Å². The highest BCUT2D eigenvalue weighted by Gasteiger charge is 2.10. The third-order valence-corrected chi connectivity index (χ3v) is 4.05. The standard InChI is InChI=1S/C18H16ClN3O/c1-12-14(19)6-4-8-15(12)22-18(23)11-20-17-10-9-13-5-2-3-7-16(13)21-17/h2-10H,11H2,1H3,(H,20,21)(H,22,23)/p+1. The second-order valence-corrected chi connectivity index (χ2v) is 5.68. The largest absolute Gasteiger partial charge is 0.322 e. The van der Waals surface area contributed by atoms with Gasteiger partial charge in [-0.25, -0.2) is 4.98 Å². The van der Waals surface area contributed by atoms with Gasteiger partial charge in [0.05, 0.1) is 0 Å². The van der Waals surface area contributed by atoms with E-state index in [0.717, 1.165) is 28.0 Å². The lowest BCUT2D eigenvalue weighted by molar-refractivity contribution is -0.327. The molecule has 3 N–H and O–H groups in total. The number of carbonyl (C=O) groups is 1. The van der Waals surface area contributed by atoms with Gasteiger partial charge in [0.1, 0.15) is 5.52 Å². The molecule has 0 saturated heterocycles. The van der Waals surface area contributed by atoms with Crippen molar-refractivity contribution in [3.63, 3.8) is 0 Å². The molecule has 0 aliphatic rings. The van der Waals surface area contributed by atoms with Gasteiger partial charge in [-0.2, -0.15) is 0 Å². The van der Waals surface area contributed by atoms with E-state index in [1.165, 1.54) is 0 Å². The zero-order valence-corrected chi connectivity index (χ0v) is 13.4. The predicted octanol–water partition coefficient (Wildman–Crippen LogP) is 3.67. The van der Waals surface area contributed by atoms with Crippen molar-refractivity contribution >= 4 is 39.9 Å². The Labute approximate surface area is 139 Å². The molecular weight excluding hydrogens is 310 g/mol. The third-order valence-electron chi connectivity index (χ3n) is 3.64. The zero-order valence-electron chi connectivity index (χ0n) is 12.7. The quantitative estimate of drug-likeness (QED) is 0.768. The van der Waals surface area contributed by atoms with Crippen molar-refractivity contribution in [2.75, 3.05) is 17.2 Å². The third kappa shape index (κ3) is 3.60. The molecule has 1 heterocycles. The molecule has 1 amide bonds. The number of hydrogen-bond donors (Lipinski definition) is 2. The first-order chi connectivity index (χ1) is 11.1. The fourth-order valence-electron chi connectivity index (χ4n) is 2.33. The van der Waals surface area contributed by atoms with Gasteiger partial charge in [0.25, 0.3) is 11.7 Å². The zero-order chi connectivity index (χ0) is 16.2. The highest BCUT2D eigenvalue weighted by Crippen LogP contribution is 2.22. The Hall–Kier alpha value is -2.59. The number of halogens is 1. The van der Waals surface area contributed by atoms with Crippen molar-refractivity contribution in [1.82, 2.24) is 0 Å². The first-order valence-corrected chi connectivity index (χ1v) is 7.71. The lowest BCUT2D eigenvalue weighted by atomic mass is 10.2. The minimum absolute atomic E-state index is 0.128. The van der Waals surface area contributed by atoms with Crippen molar-refractivity contribution in [3.8, 4) is 0 Å². The summed E-state index contributed by atoms with van der Waals surface area (Å²) in [5.74, 6) is 0.665. The predicted molar refractivity (Wildman–Crippen MR) is 93.8 cm³/mol. The van der Waals surface area contributed by atoms with E-state index in [9.17, 15) is 4.79 Å². The van der Waals surface area contributed by atoms with Gasteiger partial charge < -0.3 is 5.32 Å². The fraction of sp³-hybridized carbons (Fsp3) is 0.111. The summed E-state index contributed by atoms with van der Waals surface area (Å²) in [5, 5.41) is 7.71. The molecule has 3 rings (SSSR count). The summed E-state index contributed by atoms with van der Waals surface area (Å²) >= 11 is 6.05. The molecule has 0 unspecified atom stereocenters. The van der Waals surface area contributed by atoms with E-state index in [-0.39, 0.29) is 12.5 Å². The second kappa shape index (κ2) is 6.67. The van der Waals surface area contributed by atoms with Crippen LogP contribution in [0.25, 0.3) is 10.9 Å². The molecule has 2 aromatic carbocycles. The molecule has 0 atom stereocenters. The molecule has 0 spiro atoms. The van der Waals surface area contributed by atoms with E-state index in [0.29, 0.717) is 5.02 Å². The molecule has 0 bridgehead atoms. The van der Waals surface area contributed by atoms with Gasteiger partial charge in [-0.3, -0.25) is 10.1 Å². The van der Waals surface area contributed by atoms with Crippen LogP contribution in [-0.4, -0.2) is 12.5 Å². The summed E-state index contributed by atoms with van der Waals surface area (Å²) in [4.78, 5) is 15.3. The average Bonchev–Trinajstić information content (AvgIpc) is 2.57. The van der Waals surface area contributed by atoms with E-state index in [1.54, 1.807) is 6.07 Å². The summed E-state index contributed by atoms with van der Waals surface area (Å²) in [6.45, 7) is 2.04. The molecule has 5 heteroatoms. The number of aromatic amines is 1. The number of H-pyrrole nitrogens is 1. The summed E-state index contributed by atoms with van der Waals surface area (Å²) in [6.07, 6.45) is 0. The summed E-state index contributed by atoms with van der Waals surface area (Å²) in [5.41, 5.74) is 2.61. The van der Waals surface area contributed by atoms with Gasteiger partial charge in [-0.15, -0.1) is 0 Å². The molecule has 3 aromatic rings. The summed E-state index contributed by atoms with van der Waals surface area (Å²) in [7, 11) is 0. The number of fused-ring (bicyclic) bond motifs is 1. The fourth-order valence-corrected chi connectivity index (χ4v) is 2.51. The maximum atomic E-state index is 12.1. The molecule has 0 fully saturated rings. The number of hydrogen-bond acceptors (Lipinski definition) is 2. The molecule has 1 aromatic heterocycles. The van der Waals surface area contributed by atoms with E-state index in [2.05, 4.69) is 15.6 Å². The first kappa shape index (κ1) is 15.3. The van der Waals surface area contributed by atoms with Crippen LogP contribution in [0.1, 0.15) is 5.56 Å². The Bertz CT molecular complexity index is 864. The van der Waals surface area contributed by atoms with Crippen molar-refractivity contribution in [2.45, 2.75) is 6.92 Å². The number of benzene rings is 2. The average molecular weight is 327 g/mol. The highest BCUT2D eigenvalue weighted by molar-refractivity contribution is 6.31. The van der Waals surface area contributed by atoms with E-state index < -0.39 is 0 Å². The van der Waals surface area contributed by atoms with Crippen molar-refractivity contribution in [2.24, 2.45) is 0 Å². The number of amides is 1. The number of aromatic nitrogens is 1. The maximum Gasteiger partial charge on any atom is 0.273 e. The Kier molecular flexibility index (Phi) is 4.44. The van der Waals surface area contributed by atoms with Crippen LogP contribution >= 0.6 is 11.6 Å². The normalized spacial score (nSPS) is 10.5. The molecule has 0 saturated carbocycles. The molecular formula is C18H17ClN3O+. The summed E-state index contributed by atoms with van der Waals surface area (Å²) < 4.78 is 0. The molecule has 23 heavy (non-hydrogen) atoms. The van der Waals surface area contributed by atoms with E-state index in [4.69, 9.17) is 11.6 Å². The van der Waals surface area contributed by atoms with E-state index >= 15 is 0 Å². The van der Waals surface area contributed by atoms with Crippen LogP contribution in [0.4, 0.5) is 11.5 Å². The van der Waals surface area contributed by atoms with Gasteiger partial charge in [0.2, 0.25) is 0 Å². The lowest BCUT2D eigenvalue weighted by Gasteiger charge is -2.08. The van der Waals surface area contributed by atoms with Crippen LogP contribution in [0.2, 0.25) is 5.02 Å². The van der Waals surface area contributed by atoms with Crippen LogP contribution < -0.4 is 15.6 Å². The Morgan fingerprint density at radius 3 is 2.78 bits per heavy atom. The monoisotopic (exact) mass is 326 g/mol. The van der Waals surface area contributed by atoms with Crippen LogP contribution in [0, 0.1) is 6.92 Å². The van der Waals surface area contributed by atoms with Gasteiger partial charge >= 0.3 is 0 Å². The topological polar surface area (TPSA) is 55.3 Å². The molecule has 116 valence electrons. The smallest absolute Gasteiger partial charge is 0.273 e. The minimum Gasteiger partial charge on any atom is -0.322 e. The number of rotatable bonds is 4. The number of nitrogens with one attached hydrogen (secondary N) is 3. The number of anilines is 2. The number of pyridine rings is 1. The van der Waals surface area contributed by atoms with Gasteiger partial charge in [-0.1, -0.05) is 35.9 Å². The highest BCUT2D eigenvalue weighted by atomic mass is 35.5. The van der Waals surface area contributed by atoms with Crippen LogP contribution in [0.3, 0.4) is 0 Å². The van der Waals surface area contributed by atoms with Crippen LogP contribution in [0.15, 0.2) is 54.6 Å². The Morgan fingerprint density at radius 2 is 1.91 bits per heavy atom. The SMILES string of the molecule is Cc1c(Cl)cccc1NC(=O)CNc1ccc2ccccc2[nH+]1. The lowest BCUT2D eigenvalue weighted by Crippen LogP contribution is -2.25. The van der Waals surface area contributed by atoms with Crippen molar-refractivity contribution < 1.29 is 9.78 Å². The summed E-state index contributed by atoms with van der Waals surface area (Å²) in [6, 6.07) is 17.4. The van der Waals surface area contributed by atoms with Gasteiger partial charge in [-0.05, 0) is 36.8 Å². The van der Waals surface area contributed by atoms with Crippen molar-refractivity contribution in [1.29, 1.82) is 0 Å². The molecule has 0 aliphatic carbocycles. The first-order valence-electron chi connectivity index (χ1n) is 7.33. The minimum atomic E-state index is -0.128.